The highest BCUT2D eigenvalue weighted by atomic mass is 16.2. The Morgan fingerprint density at radius 1 is 0.788 bits per heavy atom. The highest BCUT2D eigenvalue weighted by molar-refractivity contribution is 5.82. The molecule has 0 N–H and O–H groups in total. The van der Waals surface area contributed by atoms with Crippen LogP contribution in [-0.2, 0) is 17.9 Å². The monoisotopic (exact) mass is 434 g/mol. The zero-order chi connectivity index (χ0) is 22.5. The largest absolute Gasteiger partial charge is 0.355 e. The second-order valence-corrected chi connectivity index (χ2v) is 8.39. The molecule has 1 fully saturated rings. The average molecular weight is 435 g/mol. The first kappa shape index (κ1) is 20.9. The molecule has 0 saturated carbocycles. The summed E-state index contributed by atoms with van der Waals surface area (Å²) in [6, 6.07) is 32.5. The lowest BCUT2D eigenvalue weighted by atomic mass is 9.97. The SMILES string of the molecule is O=C(C1CN(c2cc(-c3ccccc3)ncn2)C1)N(Cc1ccccc1)Cc1ccccc1. The maximum Gasteiger partial charge on any atom is 0.229 e. The first-order valence-corrected chi connectivity index (χ1v) is 11.3. The van der Waals surface area contributed by atoms with Crippen molar-refractivity contribution in [3.8, 4) is 11.3 Å². The predicted molar refractivity (Wildman–Crippen MR) is 130 cm³/mol. The van der Waals surface area contributed by atoms with Gasteiger partial charge < -0.3 is 9.80 Å². The van der Waals surface area contributed by atoms with Crippen molar-refractivity contribution in [3.05, 3.63) is 115 Å². The van der Waals surface area contributed by atoms with E-state index in [2.05, 4.69) is 39.1 Å². The Labute approximate surface area is 194 Å². The molecule has 5 rings (SSSR count). The van der Waals surface area contributed by atoms with Crippen molar-refractivity contribution in [2.24, 2.45) is 5.92 Å². The standard InChI is InChI=1S/C28H26N4O/c33-28(32(17-22-10-4-1-5-11-22)18-23-12-6-2-7-13-23)25-19-31(20-25)27-16-26(29-21-30-27)24-14-8-3-9-15-24/h1-16,21,25H,17-20H2. The minimum atomic E-state index is -0.0347. The average Bonchev–Trinajstić information content (AvgIpc) is 2.85. The van der Waals surface area contributed by atoms with Crippen LogP contribution in [0.15, 0.2) is 103 Å². The molecule has 4 aromatic rings. The Hall–Kier alpha value is -3.99. The number of aromatic nitrogens is 2. The molecule has 164 valence electrons. The third kappa shape index (κ3) is 4.93. The Bertz CT molecular complexity index is 1150. The number of anilines is 1. The van der Waals surface area contributed by atoms with Crippen molar-refractivity contribution in [2.45, 2.75) is 13.1 Å². The normalized spacial score (nSPS) is 13.4. The van der Waals surface area contributed by atoms with Crippen molar-refractivity contribution in [2.75, 3.05) is 18.0 Å². The van der Waals surface area contributed by atoms with Crippen molar-refractivity contribution >= 4 is 11.7 Å². The molecule has 33 heavy (non-hydrogen) atoms. The molecular formula is C28H26N4O. The van der Waals surface area contributed by atoms with Crippen LogP contribution in [0.5, 0.6) is 0 Å². The number of amides is 1. The summed E-state index contributed by atoms with van der Waals surface area (Å²) in [5.74, 6) is 1.02. The fourth-order valence-corrected chi connectivity index (χ4v) is 4.19. The zero-order valence-corrected chi connectivity index (χ0v) is 18.4. The van der Waals surface area contributed by atoms with E-state index in [1.54, 1.807) is 6.33 Å². The van der Waals surface area contributed by atoms with Crippen LogP contribution in [0.1, 0.15) is 11.1 Å². The van der Waals surface area contributed by atoms with Crippen molar-refractivity contribution < 1.29 is 4.79 Å². The molecule has 1 aliphatic heterocycles. The lowest BCUT2D eigenvalue weighted by molar-refractivity contribution is -0.137. The molecule has 0 atom stereocenters. The summed E-state index contributed by atoms with van der Waals surface area (Å²) >= 11 is 0. The van der Waals surface area contributed by atoms with Crippen molar-refractivity contribution in [3.63, 3.8) is 0 Å². The van der Waals surface area contributed by atoms with Crippen LogP contribution in [0.3, 0.4) is 0 Å². The Kier molecular flexibility index (Phi) is 6.11. The Morgan fingerprint density at radius 2 is 1.33 bits per heavy atom. The summed E-state index contributed by atoms with van der Waals surface area (Å²) in [7, 11) is 0. The minimum Gasteiger partial charge on any atom is -0.355 e. The van der Waals surface area contributed by atoms with E-state index >= 15 is 0 Å². The number of carbonyl (C=O) groups is 1. The van der Waals surface area contributed by atoms with Gasteiger partial charge in [-0.3, -0.25) is 4.79 Å². The summed E-state index contributed by atoms with van der Waals surface area (Å²) in [6.07, 6.45) is 1.60. The second-order valence-electron chi connectivity index (χ2n) is 8.39. The lowest BCUT2D eigenvalue weighted by Crippen LogP contribution is -2.54. The topological polar surface area (TPSA) is 49.3 Å². The van der Waals surface area contributed by atoms with Crippen LogP contribution in [0.2, 0.25) is 0 Å². The van der Waals surface area contributed by atoms with Crippen LogP contribution >= 0.6 is 0 Å². The summed E-state index contributed by atoms with van der Waals surface area (Å²) in [5, 5.41) is 0. The van der Waals surface area contributed by atoms with Gasteiger partial charge in [0.15, 0.2) is 0 Å². The molecule has 0 aliphatic carbocycles. The van der Waals surface area contributed by atoms with E-state index < -0.39 is 0 Å². The summed E-state index contributed by atoms with van der Waals surface area (Å²) in [5.41, 5.74) is 4.24. The molecule has 5 nitrogen and oxygen atoms in total. The Balaban J connectivity index is 1.28. The van der Waals surface area contributed by atoms with Gasteiger partial charge in [0.2, 0.25) is 5.91 Å². The van der Waals surface area contributed by atoms with Gasteiger partial charge in [-0.1, -0.05) is 91.0 Å². The first-order chi connectivity index (χ1) is 16.3. The van der Waals surface area contributed by atoms with E-state index in [0.29, 0.717) is 26.2 Å². The van der Waals surface area contributed by atoms with Crippen LogP contribution < -0.4 is 4.90 Å². The lowest BCUT2D eigenvalue weighted by Gasteiger charge is -2.41. The van der Waals surface area contributed by atoms with E-state index in [0.717, 1.165) is 28.2 Å². The number of hydrogen-bond donors (Lipinski definition) is 0. The van der Waals surface area contributed by atoms with Gasteiger partial charge in [-0.25, -0.2) is 9.97 Å². The van der Waals surface area contributed by atoms with Gasteiger partial charge in [-0.05, 0) is 11.1 Å². The molecule has 0 radical (unpaired) electrons. The molecule has 1 aliphatic rings. The molecule has 0 bridgehead atoms. The molecule has 1 aromatic heterocycles. The van der Waals surface area contributed by atoms with Crippen LogP contribution in [0.25, 0.3) is 11.3 Å². The highest BCUT2D eigenvalue weighted by Gasteiger charge is 2.36. The predicted octanol–water partition coefficient (Wildman–Crippen LogP) is 4.81. The molecule has 3 aromatic carbocycles. The van der Waals surface area contributed by atoms with E-state index in [1.807, 2.05) is 77.7 Å². The number of rotatable bonds is 7. The fraction of sp³-hybridized carbons (Fsp3) is 0.179. The highest BCUT2D eigenvalue weighted by Crippen LogP contribution is 2.28. The van der Waals surface area contributed by atoms with Crippen LogP contribution in [0.4, 0.5) is 5.82 Å². The molecule has 1 amide bonds. The quantitative estimate of drug-likeness (QED) is 0.419. The summed E-state index contributed by atoms with van der Waals surface area (Å²) in [6.45, 7) is 2.56. The molecule has 0 unspecified atom stereocenters. The molecule has 0 spiro atoms. The second kappa shape index (κ2) is 9.65. The van der Waals surface area contributed by atoms with Gasteiger partial charge in [0.1, 0.15) is 12.1 Å². The Morgan fingerprint density at radius 3 is 1.91 bits per heavy atom. The molecular weight excluding hydrogens is 408 g/mol. The fourth-order valence-electron chi connectivity index (χ4n) is 4.19. The van der Waals surface area contributed by atoms with Crippen molar-refractivity contribution in [1.82, 2.24) is 14.9 Å². The number of nitrogens with zero attached hydrogens (tertiary/aromatic N) is 4. The number of carbonyl (C=O) groups excluding carboxylic acids is 1. The minimum absolute atomic E-state index is 0.0347. The van der Waals surface area contributed by atoms with Gasteiger partial charge in [-0.15, -0.1) is 0 Å². The third-order valence-electron chi connectivity index (χ3n) is 6.02. The first-order valence-electron chi connectivity index (χ1n) is 11.3. The van der Waals surface area contributed by atoms with Gasteiger partial charge in [-0.2, -0.15) is 0 Å². The smallest absolute Gasteiger partial charge is 0.229 e. The van der Waals surface area contributed by atoms with E-state index in [1.165, 1.54) is 0 Å². The van der Waals surface area contributed by atoms with Crippen LogP contribution in [-0.4, -0.2) is 33.9 Å². The maximum absolute atomic E-state index is 13.5. The van der Waals surface area contributed by atoms with Gasteiger partial charge >= 0.3 is 0 Å². The maximum atomic E-state index is 13.5. The van der Waals surface area contributed by atoms with Gasteiger partial charge in [0, 0.05) is 37.8 Å². The summed E-state index contributed by atoms with van der Waals surface area (Å²) in [4.78, 5) is 26.5. The van der Waals surface area contributed by atoms with Crippen LogP contribution in [0, 0.1) is 5.92 Å². The molecule has 2 heterocycles. The van der Waals surface area contributed by atoms with Gasteiger partial charge in [0.25, 0.3) is 0 Å². The zero-order valence-electron chi connectivity index (χ0n) is 18.4. The van der Waals surface area contributed by atoms with Crippen molar-refractivity contribution in [1.29, 1.82) is 0 Å². The number of hydrogen-bond acceptors (Lipinski definition) is 4. The van der Waals surface area contributed by atoms with E-state index in [9.17, 15) is 4.79 Å². The third-order valence-corrected chi connectivity index (χ3v) is 6.02. The number of benzene rings is 3. The van der Waals surface area contributed by atoms with E-state index in [-0.39, 0.29) is 11.8 Å². The van der Waals surface area contributed by atoms with Gasteiger partial charge in [0.05, 0.1) is 11.6 Å². The molecule has 5 heteroatoms. The molecule has 1 saturated heterocycles. The van der Waals surface area contributed by atoms with E-state index in [4.69, 9.17) is 0 Å². The summed E-state index contributed by atoms with van der Waals surface area (Å²) < 4.78 is 0.